The highest BCUT2D eigenvalue weighted by Crippen LogP contribution is 2.43. The Morgan fingerprint density at radius 3 is 1.95 bits per heavy atom. The van der Waals surface area contributed by atoms with E-state index in [4.69, 9.17) is 0 Å². The van der Waals surface area contributed by atoms with E-state index in [0.29, 0.717) is 0 Å². The monoisotopic (exact) mass is 280 g/mol. The van der Waals surface area contributed by atoms with Gasteiger partial charge in [0.05, 0.1) is 22.6 Å². The van der Waals surface area contributed by atoms with Gasteiger partial charge < -0.3 is 9.80 Å². The second kappa shape index (κ2) is 4.62. The Hall–Kier alpha value is -2.29. The highest BCUT2D eigenvalue weighted by molar-refractivity contribution is 6.13. The Kier molecular flexibility index (Phi) is 3.01. The molecule has 0 unspecified atom stereocenters. The first kappa shape index (κ1) is 13.7. The van der Waals surface area contributed by atoms with Crippen molar-refractivity contribution in [3.05, 3.63) is 54.1 Å². The summed E-state index contributed by atoms with van der Waals surface area (Å²) < 4.78 is 0. The molecular weight excluding hydrogens is 260 g/mol. The molecule has 0 N–H and O–H groups in total. The number of anilines is 3. The lowest BCUT2D eigenvalue weighted by Crippen LogP contribution is -2.37. The average molecular weight is 280 g/mol. The minimum Gasteiger partial charge on any atom is -0.334 e. The SMILES string of the molecule is CN1C(=O)c2ccccc2N(C(C)(C)C)c2ccccc21. The van der Waals surface area contributed by atoms with Crippen LogP contribution in [0, 0.1) is 0 Å². The first-order chi connectivity index (χ1) is 9.91. The Morgan fingerprint density at radius 2 is 1.33 bits per heavy atom. The number of amides is 1. The van der Waals surface area contributed by atoms with E-state index in [9.17, 15) is 4.79 Å². The van der Waals surface area contributed by atoms with Gasteiger partial charge in [-0.05, 0) is 45.0 Å². The molecule has 1 aliphatic heterocycles. The largest absolute Gasteiger partial charge is 0.334 e. The maximum absolute atomic E-state index is 12.8. The number of carbonyl (C=O) groups is 1. The molecule has 0 saturated carbocycles. The van der Waals surface area contributed by atoms with Gasteiger partial charge >= 0.3 is 0 Å². The van der Waals surface area contributed by atoms with E-state index in [0.717, 1.165) is 22.6 Å². The predicted octanol–water partition coefficient (Wildman–Crippen LogP) is 4.21. The summed E-state index contributed by atoms with van der Waals surface area (Å²) in [5.74, 6) is 0.0322. The van der Waals surface area contributed by atoms with E-state index in [2.05, 4.69) is 31.7 Å². The van der Waals surface area contributed by atoms with Crippen molar-refractivity contribution in [2.75, 3.05) is 16.8 Å². The van der Waals surface area contributed by atoms with Crippen molar-refractivity contribution in [3.63, 3.8) is 0 Å². The topological polar surface area (TPSA) is 23.6 Å². The Balaban J connectivity index is 2.37. The summed E-state index contributed by atoms with van der Waals surface area (Å²) in [6, 6.07) is 15.9. The molecule has 108 valence electrons. The normalized spacial score (nSPS) is 14.6. The van der Waals surface area contributed by atoms with E-state index in [1.165, 1.54) is 0 Å². The van der Waals surface area contributed by atoms with Crippen molar-refractivity contribution >= 4 is 23.0 Å². The summed E-state index contributed by atoms with van der Waals surface area (Å²) in [7, 11) is 1.84. The van der Waals surface area contributed by atoms with Gasteiger partial charge in [0.25, 0.3) is 5.91 Å². The second-order valence-electron chi connectivity index (χ2n) is 6.38. The van der Waals surface area contributed by atoms with E-state index in [1.54, 1.807) is 4.90 Å². The molecule has 1 amide bonds. The van der Waals surface area contributed by atoms with Crippen LogP contribution in [-0.2, 0) is 0 Å². The Labute approximate surface area is 125 Å². The van der Waals surface area contributed by atoms with Crippen molar-refractivity contribution in [3.8, 4) is 0 Å². The maximum atomic E-state index is 12.8. The number of nitrogens with zero attached hydrogens (tertiary/aromatic N) is 2. The molecule has 3 nitrogen and oxygen atoms in total. The molecule has 0 fully saturated rings. The Morgan fingerprint density at radius 1 is 0.810 bits per heavy atom. The van der Waals surface area contributed by atoms with Crippen LogP contribution in [-0.4, -0.2) is 18.5 Å². The van der Waals surface area contributed by atoms with Gasteiger partial charge in [-0.15, -0.1) is 0 Å². The molecule has 0 atom stereocenters. The smallest absolute Gasteiger partial charge is 0.260 e. The van der Waals surface area contributed by atoms with Crippen molar-refractivity contribution in [2.24, 2.45) is 0 Å². The molecule has 0 aromatic heterocycles. The van der Waals surface area contributed by atoms with Gasteiger partial charge in [0, 0.05) is 12.6 Å². The van der Waals surface area contributed by atoms with Crippen LogP contribution < -0.4 is 9.80 Å². The molecule has 3 rings (SSSR count). The molecule has 1 heterocycles. The van der Waals surface area contributed by atoms with Crippen LogP contribution in [0.1, 0.15) is 31.1 Å². The molecule has 21 heavy (non-hydrogen) atoms. The maximum Gasteiger partial charge on any atom is 0.260 e. The third-order valence-corrected chi connectivity index (χ3v) is 3.83. The Bertz CT molecular complexity index is 700. The van der Waals surface area contributed by atoms with Gasteiger partial charge in [0.15, 0.2) is 0 Å². The lowest BCUT2D eigenvalue weighted by Gasteiger charge is -2.38. The molecule has 0 aliphatic carbocycles. The second-order valence-corrected chi connectivity index (χ2v) is 6.38. The molecular formula is C18H20N2O. The molecule has 2 aromatic carbocycles. The number of carbonyl (C=O) groups excluding carboxylic acids is 1. The minimum absolute atomic E-state index is 0.0322. The number of benzene rings is 2. The predicted molar refractivity (Wildman–Crippen MR) is 87.5 cm³/mol. The van der Waals surface area contributed by atoms with Gasteiger partial charge in [0.1, 0.15) is 0 Å². The fraction of sp³-hybridized carbons (Fsp3) is 0.278. The number of para-hydroxylation sites is 3. The summed E-state index contributed by atoms with van der Waals surface area (Å²) >= 11 is 0. The molecule has 0 bridgehead atoms. The highest BCUT2D eigenvalue weighted by atomic mass is 16.2. The first-order valence-corrected chi connectivity index (χ1v) is 7.17. The van der Waals surface area contributed by atoms with Crippen molar-refractivity contribution in [2.45, 2.75) is 26.3 Å². The quantitative estimate of drug-likeness (QED) is 0.721. The minimum atomic E-state index is -0.127. The van der Waals surface area contributed by atoms with E-state index < -0.39 is 0 Å². The molecule has 2 aromatic rings. The summed E-state index contributed by atoms with van der Waals surface area (Å²) in [4.78, 5) is 16.8. The first-order valence-electron chi connectivity index (χ1n) is 7.17. The third-order valence-electron chi connectivity index (χ3n) is 3.83. The summed E-state index contributed by atoms with van der Waals surface area (Å²) in [5.41, 5.74) is 3.58. The summed E-state index contributed by atoms with van der Waals surface area (Å²) in [6.07, 6.45) is 0. The number of fused-ring (bicyclic) bond motifs is 2. The average Bonchev–Trinajstić information content (AvgIpc) is 2.54. The van der Waals surface area contributed by atoms with Crippen LogP contribution in [0.25, 0.3) is 0 Å². The summed E-state index contributed by atoms with van der Waals surface area (Å²) in [6.45, 7) is 6.49. The molecule has 3 heteroatoms. The van der Waals surface area contributed by atoms with Crippen LogP contribution in [0.3, 0.4) is 0 Å². The van der Waals surface area contributed by atoms with Crippen LogP contribution in [0.2, 0.25) is 0 Å². The van der Waals surface area contributed by atoms with Gasteiger partial charge in [-0.25, -0.2) is 0 Å². The zero-order chi connectivity index (χ0) is 15.2. The highest BCUT2D eigenvalue weighted by Gasteiger charge is 2.33. The number of hydrogen-bond acceptors (Lipinski definition) is 2. The van der Waals surface area contributed by atoms with E-state index >= 15 is 0 Å². The number of rotatable bonds is 0. The lowest BCUT2D eigenvalue weighted by atomic mass is 10.0. The van der Waals surface area contributed by atoms with Gasteiger partial charge in [-0.2, -0.15) is 0 Å². The van der Waals surface area contributed by atoms with Crippen LogP contribution in [0.4, 0.5) is 17.1 Å². The van der Waals surface area contributed by atoms with Gasteiger partial charge in [-0.3, -0.25) is 4.79 Å². The van der Waals surface area contributed by atoms with Crippen molar-refractivity contribution < 1.29 is 4.79 Å². The molecule has 0 spiro atoms. The van der Waals surface area contributed by atoms with Crippen LogP contribution >= 0.6 is 0 Å². The standard InChI is InChI=1S/C18H20N2O/c1-18(2,3)20-14-10-6-5-9-13(14)17(21)19(4)15-11-7-8-12-16(15)20/h5-12H,1-4H3. The van der Waals surface area contributed by atoms with Crippen molar-refractivity contribution in [1.82, 2.24) is 0 Å². The van der Waals surface area contributed by atoms with Crippen LogP contribution in [0.15, 0.2) is 48.5 Å². The summed E-state index contributed by atoms with van der Waals surface area (Å²) in [5, 5.41) is 0. The zero-order valence-corrected chi connectivity index (χ0v) is 12.9. The van der Waals surface area contributed by atoms with Crippen molar-refractivity contribution in [1.29, 1.82) is 0 Å². The lowest BCUT2D eigenvalue weighted by molar-refractivity contribution is 0.0994. The fourth-order valence-electron chi connectivity index (χ4n) is 2.93. The van der Waals surface area contributed by atoms with Gasteiger partial charge in [-0.1, -0.05) is 24.3 Å². The number of hydrogen-bond donors (Lipinski definition) is 0. The molecule has 1 aliphatic rings. The third kappa shape index (κ3) is 2.09. The van der Waals surface area contributed by atoms with E-state index in [-0.39, 0.29) is 11.4 Å². The van der Waals surface area contributed by atoms with Crippen LogP contribution in [0.5, 0.6) is 0 Å². The molecule has 0 saturated heterocycles. The fourth-order valence-corrected chi connectivity index (χ4v) is 2.93. The van der Waals surface area contributed by atoms with Gasteiger partial charge in [0.2, 0.25) is 0 Å². The molecule has 0 radical (unpaired) electrons. The van der Waals surface area contributed by atoms with E-state index in [1.807, 2.05) is 49.5 Å². The zero-order valence-electron chi connectivity index (χ0n) is 12.9.